The van der Waals surface area contributed by atoms with Crippen molar-refractivity contribution in [1.29, 1.82) is 0 Å². The number of amides is 1. The smallest absolute Gasteiger partial charge is 0.406 e. The molecule has 1 amide bonds. The van der Waals surface area contributed by atoms with Gasteiger partial charge in [0.1, 0.15) is 12.1 Å². The number of benzene rings is 1. The maximum absolute atomic E-state index is 12.6. The molecule has 22 heavy (non-hydrogen) atoms. The van der Waals surface area contributed by atoms with Gasteiger partial charge in [0, 0.05) is 17.5 Å². The van der Waals surface area contributed by atoms with Gasteiger partial charge in [-0.1, -0.05) is 24.3 Å². The van der Waals surface area contributed by atoms with Crippen molar-refractivity contribution >= 4 is 16.9 Å². The van der Waals surface area contributed by atoms with Crippen molar-refractivity contribution in [3.05, 3.63) is 47.7 Å². The Morgan fingerprint density at radius 2 is 2.05 bits per heavy atom. The topological polar surface area (TPSA) is 33.5 Å². The van der Waals surface area contributed by atoms with E-state index < -0.39 is 18.6 Å². The number of halogens is 3. The minimum atomic E-state index is -4.48. The van der Waals surface area contributed by atoms with E-state index in [4.69, 9.17) is 4.42 Å². The maximum atomic E-state index is 12.6. The van der Waals surface area contributed by atoms with Crippen molar-refractivity contribution in [3.63, 3.8) is 0 Å². The monoisotopic (exact) mass is 311 g/mol. The molecule has 118 valence electrons. The SMILES string of the molecule is C=CCN(CC(F)(F)F)C(=O)c1oc2c(C)cccc2c1C. The average Bonchev–Trinajstić information content (AvgIpc) is 2.75. The number of para-hydroxylation sites is 1. The number of alkyl halides is 3. The quantitative estimate of drug-likeness (QED) is 0.791. The van der Waals surface area contributed by atoms with Crippen LogP contribution in [0.1, 0.15) is 21.7 Å². The zero-order chi connectivity index (χ0) is 16.5. The standard InChI is InChI=1S/C16H16F3NO2/c1-4-8-20(9-16(17,18)19)15(21)14-11(3)12-7-5-6-10(2)13(12)22-14/h4-7H,1,8-9H2,2-3H3. The molecule has 0 aliphatic heterocycles. The minimum absolute atomic E-state index is 0.0598. The molecule has 0 N–H and O–H groups in total. The molecular weight excluding hydrogens is 295 g/mol. The van der Waals surface area contributed by atoms with E-state index in [1.54, 1.807) is 13.0 Å². The lowest BCUT2D eigenvalue weighted by Crippen LogP contribution is -2.39. The van der Waals surface area contributed by atoms with Crippen LogP contribution in [0.4, 0.5) is 13.2 Å². The molecule has 1 heterocycles. The van der Waals surface area contributed by atoms with E-state index in [1.165, 1.54) is 6.08 Å². The van der Waals surface area contributed by atoms with E-state index in [2.05, 4.69) is 6.58 Å². The van der Waals surface area contributed by atoms with Gasteiger partial charge in [0.05, 0.1) is 0 Å². The molecule has 1 aromatic heterocycles. The van der Waals surface area contributed by atoms with Crippen LogP contribution in [0.2, 0.25) is 0 Å². The number of hydrogen-bond acceptors (Lipinski definition) is 2. The number of aryl methyl sites for hydroxylation is 2. The van der Waals surface area contributed by atoms with Crippen molar-refractivity contribution < 1.29 is 22.4 Å². The van der Waals surface area contributed by atoms with E-state index in [0.29, 0.717) is 16.0 Å². The van der Waals surface area contributed by atoms with Gasteiger partial charge >= 0.3 is 6.18 Å². The van der Waals surface area contributed by atoms with Gasteiger partial charge in [-0.05, 0) is 19.4 Å². The molecule has 0 atom stereocenters. The van der Waals surface area contributed by atoms with Gasteiger partial charge in [-0.25, -0.2) is 0 Å². The highest BCUT2D eigenvalue weighted by Gasteiger charge is 2.34. The summed E-state index contributed by atoms with van der Waals surface area (Å²) in [5.41, 5.74) is 1.89. The third kappa shape index (κ3) is 3.16. The van der Waals surface area contributed by atoms with Crippen LogP contribution in [-0.4, -0.2) is 30.1 Å². The molecule has 1 aromatic carbocycles. The maximum Gasteiger partial charge on any atom is 0.406 e. The van der Waals surface area contributed by atoms with Crippen molar-refractivity contribution in [2.45, 2.75) is 20.0 Å². The van der Waals surface area contributed by atoms with E-state index in [1.807, 2.05) is 19.1 Å². The summed E-state index contributed by atoms with van der Waals surface area (Å²) in [5.74, 6) is -0.847. The second kappa shape index (κ2) is 5.87. The van der Waals surface area contributed by atoms with Gasteiger partial charge in [-0.2, -0.15) is 13.2 Å². The van der Waals surface area contributed by atoms with Gasteiger partial charge in [-0.15, -0.1) is 6.58 Å². The van der Waals surface area contributed by atoms with E-state index in [0.717, 1.165) is 10.9 Å². The highest BCUT2D eigenvalue weighted by molar-refractivity contribution is 5.99. The summed E-state index contributed by atoms with van der Waals surface area (Å²) in [6.45, 7) is 5.33. The van der Waals surface area contributed by atoms with Crippen LogP contribution in [0.25, 0.3) is 11.0 Å². The first kappa shape index (κ1) is 16.1. The highest BCUT2D eigenvalue weighted by Crippen LogP contribution is 2.29. The molecule has 2 aromatic rings. The van der Waals surface area contributed by atoms with E-state index >= 15 is 0 Å². The Kier molecular flexibility index (Phi) is 4.30. The van der Waals surface area contributed by atoms with Crippen molar-refractivity contribution in [1.82, 2.24) is 4.90 Å². The second-order valence-corrected chi connectivity index (χ2v) is 5.10. The van der Waals surface area contributed by atoms with Crippen LogP contribution < -0.4 is 0 Å². The summed E-state index contributed by atoms with van der Waals surface area (Å²) in [6.07, 6.45) is -3.22. The van der Waals surface area contributed by atoms with Crippen LogP contribution in [-0.2, 0) is 0 Å². The number of nitrogens with zero attached hydrogens (tertiary/aromatic N) is 1. The van der Waals surface area contributed by atoms with E-state index in [-0.39, 0.29) is 12.3 Å². The lowest BCUT2D eigenvalue weighted by atomic mass is 10.1. The lowest BCUT2D eigenvalue weighted by Gasteiger charge is -2.21. The molecule has 0 unspecified atom stereocenters. The molecular formula is C16H16F3NO2. The largest absolute Gasteiger partial charge is 0.450 e. The summed E-state index contributed by atoms with van der Waals surface area (Å²) >= 11 is 0. The third-order valence-corrected chi connectivity index (χ3v) is 3.36. The Bertz CT molecular complexity index is 716. The Balaban J connectivity index is 2.44. The summed E-state index contributed by atoms with van der Waals surface area (Å²) in [4.78, 5) is 13.1. The molecule has 2 rings (SSSR count). The normalized spacial score (nSPS) is 11.7. The predicted molar refractivity (Wildman–Crippen MR) is 77.8 cm³/mol. The zero-order valence-corrected chi connectivity index (χ0v) is 12.3. The minimum Gasteiger partial charge on any atom is -0.450 e. The summed E-state index contributed by atoms with van der Waals surface area (Å²) < 4.78 is 43.4. The van der Waals surface area contributed by atoms with Crippen molar-refractivity contribution in [3.8, 4) is 0 Å². The third-order valence-electron chi connectivity index (χ3n) is 3.36. The first-order chi connectivity index (χ1) is 10.2. The van der Waals surface area contributed by atoms with Crippen LogP contribution in [0.15, 0.2) is 35.3 Å². The van der Waals surface area contributed by atoms with Crippen LogP contribution in [0.5, 0.6) is 0 Å². The van der Waals surface area contributed by atoms with E-state index in [9.17, 15) is 18.0 Å². The van der Waals surface area contributed by atoms with Crippen LogP contribution in [0, 0.1) is 13.8 Å². The zero-order valence-electron chi connectivity index (χ0n) is 12.3. The van der Waals surface area contributed by atoms with Gasteiger partial charge in [-0.3, -0.25) is 4.79 Å². The number of furan rings is 1. The molecule has 0 spiro atoms. The van der Waals surface area contributed by atoms with Gasteiger partial charge < -0.3 is 9.32 Å². The number of hydrogen-bond donors (Lipinski definition) is 0. The number of fused-ring (bicyclic) bond motifs is 1. The van der Waals surface area contributed by atoms with Crippen molar-refractivity contribution in [2.24, 2.45) is 0 Å². The Labute approximate surface area is 126 Å². The highest BCUT2D eigenvalue weighted by atomic mass is 19.4. The fraction of sp³-hybridized carbons (Fsp3) is 0.312. The first-order valence-corrected chi connectivity index (χ1v) is 6.70. The Morgan fingerprint density at radius 1 is 1.36 bits per heavy atom. The molecule has 0 saturated carbocycles. The Hall–Kier alpha value is -2.24. The molecule has 6 heteroatoms. The molecule has 0 radical (unpaired) electrons. The Morgan fingerprint density at radius 3 is 2.59 bits per heavy atom. The van der Waals surface area contributed by atoms with Crippen LogP contribution in [0.3, 0.4) is 0 Å². The summed E-state index contributed by atoms with van der Waals surface area (Å²) in [6, 6.07) is 5.40. The number of carbonyl (C=O) groups excluding carboxylic acids is 1. The molecule has 0 saturated heterocycles. The van der Waals surface area contributed by atoms with Gasteiger partial charge in [0.25, 0.3) is 5.91 Å². The molecule has 3 nitrogen and oxygen atoms in total. The van der Waals surface area contributed by atoms with Crippen LogP contribution >= 0.6 is 0 Å². The first-order valence-electron chi connectivity index (χ1n) is 6.70. The molecule has 0 bridgehead atoms. The molecule has 0 aliphatic carbocycles. The predicted octanol–water partition coefficient (Wildman–Crippen LogP) is 4.24. The van der Waals surface area contributed by atoms with Crippen molar-refractivity contribution in [2.75, 3.05) is 13.1 Å². The van der Waals surface area contributed by atoms with Gasteiger partial charge in [0.2, 0.25) is 0 Å². The fourth-order valence-corrected chi connectivity index (χ4v) is 2.32. The number of rotatable bonds is 4. The summed E-state index contributed by atoms with van der Waals surface area (Å²) in [7, 11) is 0. The fourth-order valence-electron chi connectivity index (χ4n) is 2.32. The second-order valence-electron chi connectivity index (χ2n) is 5.10. The molecule has 0 aliphatic rings. The number of carbonyl (C=O) groups is 1. The summed E-state index contributed by atoms with van der Waals surface area (Å²) in [5, 5.41) is 0.730. The van der Waals surface area contributed by atoms with Gasteiger partial charge in [0.15, 0.2) is 5.76 Å². The molecule has 0 fully saturated rings. The average molecular weight is 311 g/mol. The lowest BCUT2D eigenvalue weighted by molar-refractivity contribution is -0.139.